The maximum atomic E-state index is 12.6. The highest BCUT2D eigenvalue weighted by Crippen LogP contribution is 2.31. The molecule has 2 aromatic heterocycles. The molecule has 0 radical (unpaired) electrons. The van der Waals surface area contributed by atoms with Crippen LogP contribution in [0.4, 0.5) is 0 Å². The molecule has 2 amide bonds. The van der Waals surface area contributed by atoms with E-state index in [9.17, 15) is 9.59 Å². The number of carbonyl (C=O) groups excluding carboxylic acids is 2. The molecule has 2 aliphatic rings. The molecule has 8 nitrogen and oxygen atoms in total. The van der Waals surface area contributed by atoms with Crippen molar-refractivity contribution in [3.63, 3.8) is 0 Å². The number of rotatable bonds is 3. The molecule has 0 aliphatic carbocycles. The molecule has 0 N–H and O–H groups in total. The topological polar surface area (TPSA) is 88.8 Å². The average molecular weight is 390 g/mol. The van der Waals surface area contributed by atoms with Gasteiger partial charge in [-0.25, -0.2) is 9.97 Å². The molecule has 1 spiro atoms. The van der Waals surface area contributed by atoms with E-state index in [0.717, 1.165) is 5.01 Å². The Morgan fingerprint density at radius 1 is 1.33 bits per heavy atom. The molecule has 144 valence electrons. The largest absolute Gasteiger partial charge is 0.448 e. The summed E-state index contributed by atoms with van der Waals surface area (Å²) in [6.45, 7) is 4.36. The number of amides is 2. The number of likely N-dealkylation sites (tertiary alicyclic amines) is 1. The molecule has 0 atom stereocenters. The average Bonchev–Trinajstić information content (AvgIpc) is 3.30. The second-order valence-corrected chi connectivity index (χ2v) is 7.99. The lowest BCUT2D eigenvalue weighted by atomic mass is 9.90. The minimum Gasteiger partial charge on any atom is -0.448 e. The van der Waals surface area contributed by atoms with Crippen LogP contribution in [0.3, 0.4) is 0 Å². The lowest BCUT2D eigenvalue weighted by molar-refractivity contribution is -0.132. The van der Waals surface area contributed by atoms with Gasteiger partial charge in [0.15, 0.2) is 12.1 Å². The number of nitrogens with zero attached hydrogens (tertiary/aromatic N) is 4. The van der Waals surface area contributed by atoms with Crippen molar-refractivity contribution in [3.05, 3.63) is 34.4 Å². The Kier molecular flexibility index (Phi) is 4.96. The lowest BCUT2D eigenvalue weighted by Crippen LogP contribution is -2.53. The van der Waals surface area contributed by atoms with E-state index < -0.39 is 5.60 Å². The number of aryl methyl sites for hydroxylation is 1. The number of piperidine rings is 1. The first-order chi connectivity index (χ1) is 13.1. The number of aromatic nitrogens is 2. The molecule has 0 unspecified atom stereocenters. The van der Waals surface area contributed by atoms with Crippen LogP contribution < -0.4 is 0 Å². The highest BCUT2D eigenvalue weighted by atomic mass is 32.1. The Bertz CT molecular complexity index is 811. The normalized spacial score (nSPS) is 20.1. The molecular weight excluding hydrogens is 368 g/mol. The van der Waals surface area contributed by atoms with Crippen molar-refractivity contribution >= 4 is 23.2 Å². The van der Waals surface area contributed by atoms with Gasteiger partial charge in [0.1, 0.15) is 10.8 Å². The van der Waals surface area contributed by atoms with Gasteiger partial charge in [0.25, 0.3) is 5.91 Å². The Hall–Kier alpha value is -2.26. The molecule has 27 heavy (non-hydrogen) atoms. The maximum absolute atomic E-state index is 12.6. The molecule has 4 heterocycles. The third kappa shape index (κ3) is 3.74. The third-order valence-electron chi connectivity index (χ3n) is 5.27. The SMILES string of the molecule is Cc1ocnc1C(=O)N1CCC2(CC1)CN(Cc1nccs1)C(=O)CCO2. The molecule has 0 bridgehead atoms. The van der Waals surface area contributed by atoms with E-state index in [1.807, 2.05) is 10.3 Å². The van der Waals surface area contributed by atoms with E-state index in [-0.39, 0.29) is 11.8 Å². The van der Waals surface area contributed by atoms with Crippen molar-refractivity contribution in [1.29, 1.82) is 0 Å². The van der Waals surface area contributed by atoms with Crippen LogP contribution in [0.25, 0.3) is 0 Å². The van der Waals surface area contributed by atoms with Gasteiger partial charge >= 0.3 is 0 Å². The first kappa shape index (κ1) is 18.1. The zero-order valence-electron chi connectivity index (χ0n) is 15.2. The second kappa shape index (κ2) is 7.40. The highest BCUT2D eigenvalue weighted by molar-refractivity contribution is 7.09. The summed E-state index contributed by atoms with van der Waals surface area (Å²) in [4.78, 5) is 37.1. The molecule has 0 aromatic carbocycles. The third-order valence-corrected chi connectivity index (χ3v) is 6.04. The Morgan fingerprint density at radius 3 is 2.81 bits per heavy atom. The first-order valence-electron chi connectivity index (χ1n) is 9.06. The van der Waals surface area contributed by atoms with Gasteiger partial charge in [0, 0.05) is 24.7 Å². The number of hydrogen-bond acceptors (Lipinski definition) is 7. The van der Waals surface area contributed by atoms with Gasteiger partial charge in [0.05, 0.1) is 31.7 Å². The Morgan fingerprint density at radius 2 is 2.15 bits per heavy atom. The van der Waals surface area contributed by atoms with Crippen molar-refractivity contribution in [3.8, 4) is 0 Å². The molecule has 4 rings (SSSR count). The number of ether oxygens (including phenoxy) is 1. The quantitative estimate of drug-likeness (QED) is 0.795. The molecule has 2 aromatic rings. The molecule has 9 heteroatoms. The van der Waals surface area contributed by atoms with E-state index in [1.165, 1.54) is 6.39 Å². The van der Waals surface area contributed by atoms with Crippen LogP contribution in [0.2, 0.25) is 0 Å². The van der Waals surface area contributed by atoms with E-state index >= 15 is 0 Å². The fraction of sp³-hybridized carbons (Fsp3) is 0.556. The summed E-state index contributed by atoms with van der Waals surface area (Å²) in [5.74, 6) is 0.519. The van der Waals surface area contributed by atoms with Gasteiger partial charge in [-0.3, -0.25) is 9.59 Å². The second-order valence-electron chi connectivity index (χ2n) is 7.01. The van der Waals surface area contributed by atoms with Gasteiger partial charge in [-0.05, 0) is 19.8 Å². The molecular formula is C18H22N4O4S. The number of oxazole rings is 1. The molecule has 2 saturated heterocycles. The summed E-state index contributed by atoms with van der Waals surface area (Å²) < 4.78 is 11.3. The minimum absolute atomic E-state index is 0.0961. The number of thiazole rings is 1. The summed E-state index contributed by atoms with van der Waals surface area (Å²) in [6.07, 6.45) is 4.82. The van der Waals surface area contributed by atoms with Crippen LogP contribution >= 0.6 is 11.3 Å². The fourth-order valence-corrected chi connectivity index (χ4v) is 4.34. The predicted molar refractivity (Wildman–Crippen MR) is 97.2 cm³/mol. The van der Waals surface area contributed by atoms with Gasteiger partial charge in [-0.2, -0.15) is 0 Å². The van der Waals surface area contributed by atoms with Crippen molar-refractivity contribution < 1.29 is 18.7 Å². The van der Waals surface area contributed by atoms with Gasteiger partial charge in [-0.1, -0.05) is 0 Å². The van der Waals surface area contributed by atoms with Crippen molar-refractivity contribution in [2.75, 3.05) is 26.2 Å². The maximum Gasteiger partial charge on any atom is 0.276 e. The van der Waals surface area contributed by atoms with E-state index in [4.69, 9.17) is 9.15 Å². The number of carbonyl (C=O) groups is 2. The smallest absolute Gasteiger partial charge is 0.276 e. The molecule has 2 aliphatic heterocycles. The van der Waals surface area contributed by atoms with Gasteiger partial charge < -0.3 is 19.0 Å². The molecule has 2 fully saturated rings. The Labute approximate surface area is 161 Å². The van der Waals surface area contributed by atoms with E-state index in [1.54, 1.807) is 29.4 Å². The van der Waals surface area contributed by atoms with Crippen molar-refractivity contribution in [2.24, 2.45) is 0 Å². The van der Waals surface area contributed by atoms with E-state index in [2.05, 4.69) is 9.97 Å². The van der Waals surface area contributed by atoms with Crippen LogP contribution in [-0.4, -0.2) is 63.4 Å². The van der Waals surface area contributed by atoms with E-state index in [0.29, 0.717) is 63.5 Å². The van der Waals surface area contributed by atoms with Gasteiger partial charge in [0.2, 0.25) is 5.91 Å². The lowest BCUT2D eigenvalue weighted by Gasteiger charge is -2.42. The van der Waals surface area contributed by atoms with Crippen LogP contribution in [0.15, 0.2) is 22.4 Å². The first-order valence-corrected chi connectivity index (χ1v) is 9.94. The van der Waals surface area contributed by atoms with Crippen LogP contribution in [0.5, 0.6) is 0 Å². The zero-order chi connectivity index (χ0) is 18.9. The number of hydrogen-bond donors (Lipinski definition) is 0. The summed E-state index contributed by atoms with van der Waals surface area (Å²) >= 11 is 1.55. The minimum atomic E-state index is -0.404. The zero-order valence-corrected chi connectivity index (χ0v) is 16.0. The van der Waals surface area contributed by atoms with Crippen molar-refractivity contribution in [2.45, 2.75) is 38.3 Å². The Balaban J connectivity index is 1.43. The summed E-state index contributed by atoms with van der Waals surface area (Å²) in [5, 5.41) is 2.84. The summed E-state index contributed by atoms with van der Waals surface area (Å²) in [6, 6.07) is 0. The predicted octanol–water partition coefficient (Wildman–Crippen LogP) is 1.86. The standard InChI is InChI=1S/C18H22N4O4S/c1-13-16(20-12-25-13)17(24)21-6-3-18(4-7-21)11-22(15(23)2-8-26-18)10-14-19-5-9-27-14/h5,9,12H,2-4,6-8,10-11H2,1H3. The van der Waals surface area contributed by atoms with Crippen LogP contribution in [0, 0.1) is 6.92 Å². The summed E-state index contributed by atoms with van der Waals surface area (Å²) in [7, 11) is 0. The summed E-state index contributed by atoms with van der Waals surface area (Å²) in [5.41, 5.74) is -0.0349. The monoisotopic (exact) mass is 390 g/mol. The van der Waals surface area contributed by atoms with Crippen molar-refractivity contribution in [1.82, 2.24) is 19.8 Å². The highest BCUT2D eigenvalue weighted by Gasteiger charge is 2.41. The van der Waals surface area contributed by atoms with Crippen LogP contribution in [0.1, 0.15) is 40.5 Å². The van der Waals surface area contributed by atoms with Crippen LogP contribution in [-0.2, 0) is 16.1 Å². The molecule has 0 saturated carbocycles. The van der Waals surface area contributed by atoms with Gasteiger partial charge in [-0.15, -0.1) is 11.3 Å². The fourth-order valence-electron chi connectivity index (χ4n) is 3.71.